The normalized spacial score (nSPS) is 14.5. The SMILES string of the molecule is c1ccc2cc(-c3csc(NN=C4CCCC4)n3)ccc2c1. The molecule has 1 aliphatic carbocycles. The van der Waals surface area contributed by atoms with Crippen LogP contribution >= 0.6 is 11.3 Å². The molecule has 4 heteroatoms. The standard InChI is InChI=1S/C18H17N3S/c1-2-6-14-11-15(10-9-13(14)5-1)17-12-22-18(19-17)21-20-16-7-3-4-8-16/h1-2,5-6,9-12H,3-4,7-8H2,(H,19,21). The zero-order valence-electron chi connectivity index (χ0n) is 12.2. The molecule has 0 atom stereocenters. The van der Waals surface area contributed by atoms with Crippen molar-refractivity contribution in [3.05, 3.63) is 47.8 Å². The van der Waals surface area contributed by atoms with Crippen LogP contribution in [0.2, 0.25) is 0 Å². The molecule has 1 N–H and O–H groups in total. The van der Waals surface area contributed by atoms with Gasteiger partial charge in [0, 0.05) is 16.7 Å². The second kappa shape index (κ2) is 5.89. The maximum atomic E-state index is 4.65. The lowest BCUT2D eigenvalue weighted by Crippen LogP contribution is -1.95. The minimum Gasteiger partial charge on any atom is -0.253 e. The van der Waals surface area contributed by atoms with Crippen LogP contribution in [0.1, 0.15) is 25.7 Å². The van der Waals surface area contributed by atoms with E-state index in [0.29, 0.717) is 0 Å². The number of thiazole rings is 1. The van der Waals surface area contributed by atoms with E-state index in [9.17, 15) is 0 Å². The van der Waals surface area contributed by atoms with Gasteiger partial charge in [0.25, 0.3) is 0 Å². The van der Waals surface area contributed by atoms with Crippen LogP contribution < -0.4 is 5.43 Å². The topological polar surface area (TPSA) is 37.3 Å². The van der Waals surface area contributed by atoms with Gasteiger partial charge in [0.1, 0.15) is 0 Å². The summed E-state index contributed by atoms with van der Waals surface area (Å²) < 4.78 is 0. The molecular formula is C18H17N3S. The fourth-order valence-corrected chi connectivity index (χ4v) is 3.49. The van der Waals surface area contributed by atoms with E-state index in [-0.39, 0.29) is 0 Å². The van der Waals surface area contributed by atoms with Crippen LogP contribution in [-0.4, -0.2) is 10.7 Å². The van der Waals surface area contributed by atoms with Crippen LogP contribution in [0, 0.1) is 0 Å². The summed E-state index contributed by atoms with van der Waals surface area (Å²) in [4.78, 5) is 4.65. The third kappa shape index (κ3) is 2.74. The number of nitrogens with zero attached hydrogens (tertiary/aromatic N) is 2. The Balaban J connectivity index is 1.58. The van der Waals surface area contributed by atoms with Gasteiger partial charge in [0.05, 0.1) is 5.69 Å². The highest BCUT2D eigenvalue weighted by atomic mass is 32.1. The van der Waals surface area contributed by atoms with Gasteiger partial charge in [-0.25, -0.2) is 4.98 Å². The van der Waals surface area contributed by atoms with E-state index in [4.69, 9.17) is 0 Å². The highest BCUT2D eigenvalue weighted by Crippen LogP contribution is 2.28. The van der Waals surface area contributed by atoms with Gasteiger partial charge in [-0.1, -0.05) is 36.4 Å². The quantitative estimate of drug-likeness (QED) is 0.666. The van der Waals surface area contributed by atoms with Gasteiger partial charge >= 0.3 is 0 Å². The van der Waals surface area contributed by atoms with Gasteiger partial charge in [-0.15, -0.1) is 11.3 Å². The van der Waals surface area contributed by atoms with Crippen molar-refractivity contribution in [3.63, 3.8) is 0 Å². The molecule has 22 heavy (non-hydrogen) atoms. The molecule has 1 heterocycles. The molecule has 2 aromatic carbocycles. The molecule has 110 valence electrons. The number of rotatable bonds is 3. The first-order valence-electron chi connectivity index (χ1n) is 7.65. The first-order chi connectivity index (χ1) is 10.9. The van der Waals surface area contributed by atoms with Gasteiger partial charge in [0.15, 0.2) is 0 Å². The van der Waals surface area contributed by atoms with Gasteiger partial charge in [-0.2, -0.15) is 5.10 Å². The molecule has 1 saturated carbocycles. The van der Waals surface area contributed by atoms with E-state index in [1.807, 2.05) is 0 Å². The molecule has 0 amide bonds. The lowest BCUT2D eigenvalue weighted by atomic mass is 10.1. The van der Waals surface area contributed by atoms with Crippen LogP contribution in [0.4, 0.5) is 5.13 Å². The van der Waals surface area contributed by atoms with E-state index in [2.05, 4.69) is 63.4 Å². The van der Waals surface area contributed by atoms with Crippen molar-refractivity contribution in [2.45, 2.75) is 25.7 Å². The van der Waals surface area contributed by atoms with Crippen LogP contribution in [0.5, 0.6) is 0 Å². The van der Waals surface area contributed by atoms with Gasteiger partial charge in [-0.3, -0.25) is 5.43 Å². The van der Waals surface area contributed by atoms with E-state index in [1.165, 1.54) is 29.3 Å². The van der Waals surface area contributed by atoms with Crippen molar-refractivity contribution in [2.24, 2.45) is 5.10 Å². The molecule has 0 spiro atoms. The average Bonchev–Trinajstić information content (AvgIpc) is 3.24. The predicted octanol–water partition coefficient (Wildman–Crippen LogP) is 5.31. The summed E-state index contributed by atoms with van der Waals surface area (Å²) in [7, 11) is 0. The van der Waals surface area contributed by atoms with Crippen LogP contribution in [0.3, 0.4) is 0 Å². The Morgan fingerprint density at radius 2 is 1.82 bits per heavy atom. The van der Waals surface area contributed by atoms with Crippen LogP contribution in [-0.2, 0) is 0 Å². The van der Waals surface area contributed by atoms with Gasteiger partial charge in [0.2, 0.25) is 5.13 Å². The predicted molar refractivity (Wildman–Crippen MR) is 94.6 cm³/mol. The van der Waals surface area contributed by atoms with E-state index in [1.54, 1.807) is 11.3 Å². The first kappa shape index (κ1) is 13.5. The molecule has 0 saturated heterocycles. The van der Waals surface area contributed by atoms with E-state index in [0.717, 1.165) is 29.2 Å². The number of nitrogens with one attached hydrogen (secondary N) is 1. The maximum absolute atomic E-state index is 4.65. The Bertz CT molecular complexity index is 827. The lowest BCUT2D eigenvalue weighted by molar-refractivity contribution is 0.886. The number of fused-ring (bicyclic) bond motifs is 1. The van der Waals surface area contributed by atoms with Crippen molar-refractivity contribution in [1.29, 1.82) is 0 Å². The van der Waals surface area contributed by atoms with Crippen LogP contribution in [0.25, 0.3) is 22.0 Å². The third-order valence-electron chi connectivity index (χ3n) is 4.04. The van der Waals surface area contributed by atoms with Crippen LogP contribution in [0.15, 0.2) is 52.9 Å². The van der Waals surface area contributed by atoms with E-state index < -0.39 is 0 Å². The summed E-state index contributed by atoms with van der Waals surface area (Å²) in [6.45, 7) is 0. The molecule has 0 aliphatic heterocycles. The fourth-order valence-electron chi connectivity index (χ4n) is 2.83. The van der Waals surface area contributed by atoms with Gasteiger partial charge in [-0.05, 0) is 42.5 Å². The van der Waals surface area contributed by atoms with Crippen molar-refractivity contribution in [2.75, 3.05) is 5.43 Å². The molecule has 0 unspecified atom stereocenters. The highest BCUT2D eigenvalue weighted by Gasteiger charge is 2.09. The van der Waals surface area contributed by atoms with Crippen molar-refractivity contribution < 1.29 is 0 Å². The smallest absolute Gasteiger partial charge is 0.203 e. The number of benzene rings is 2. The number of hydrogen-bond donors (Lipinski definition) is 1. The number of hydrazone groups is 1. The zero-order chi connectivity index (χ0) is 14.8. The molecule has 1 aliphatic rings. The summed E-state index contributed by atoms with van der Waals surface area (Å²) in [5, 5.41) is 9.91. The Labute approximate surface area is 133 Å². The Morgan fingerprint density at radius 1 is 1.00 bits per heavy atom. The minimum absolute atomic E-state index is 0.863. The number of aromatic nitrogens is 1. The molecule has 0 bridgehead atoms. The summed E-state index contributed by atoms with van der Waals surface area (Å²) in [6, 6.07) is 14.9. The Kier molecular flexibility index (Phi) is 3.60. The van der Waals surface area contributed by atoms with E-state index >= 15 is 0 Å². The molecule has 1 fully saturated rings. The number of anilines is 1. The van der Waals surface area contributed by atoms with Crippen molar-refractivity contribution in [1.82, 2.24) is 4.98 Å². The second-order valence-corrected chi connectivity index (χ2v) is 6.45. The zero-order valence-corrected chi connectivity index (χ0v) is 13.1. The fraction of sp³-hybridized carbons (Fsp3) is 0.222. The maximum Gasteiger partial charge on any atom is 0.203 e. The Hall–Kier alpha value is -2.20. The van der Waals surface area contributed by atoms with Gasteiger partial charge < -0.3 is 0 Å². The molecular weight excluding hydrogens is 290 g/mol. The molecule has 3 aromatic rings. The minimum atomic E-state index is 0.863. The van der Waals surface area contributed by atoms with Crippen molar-refractivity contribution in [3.8, 4) is 11.3 Å². The van der Waals surface area contributed by atoms with Crippen molar-refractivity contribution >= 4 is 33.0 Å². The summed E-state index contributed by atoms with van der Waals surface area (Å²) in [6.07, 6.45) is 4.77. The first-order valence-corrected chi connectivity index (χ1v) is 8.53. The third-order valence-corrected chi connectivity index (χ3v) is 4.79. The monoisotopic (exact) mass is 307 g/mol. The molecule has 0 radical (unpaired) electrons. The average molecular weight is 307 g/mol. The highest BCUT2D eigenvalue weighted by molar-refractivity contribution is 7.14. The largest absolute Gasteiger partial charge is 0.253 e. The summed E-state index contributed by atoms with van der Waals surface area (Å²) in [5.74, 6) is 0. The molecule has 1 aromatic heterocycles. The summed E-state index contributed by atoms with van der Waals surface area (Å²) >= 11 is 1.60. The summed E-state index contributed by atoms with van der Waals surface area (Å²) in [5.41, 5.74) is 6.53. The lowest BCUT2D eigenvalue weighted by Gasteiger charge is -2.01. The molecule has 3 nitrogen and oxygen atoms in total. The molecule has 4 rings (SSSR count). The Morgan fingerprint density at radius 3 is 2.68 bits per heavy atom. The second-order valence-electron chi connectivity index (χ2n) is 5.60. The number of hydrogen-bond acceptors (Lipinski definition) is 4.